The van der Waals surface area contributed by atoms with Gasteiger partial charge in [-0.3, -0.25) is 4.79 Å². The zero-order chi connectivity index (χ0) is 28.3. The van der Waals surface area contributed by atoms with Gasteiger partial charge in [-0.05, 0) is 0 Å². The molecule has 0 aromatic rings. The topological polar surface area (TPSA) is 267 Å². The quantitative estimate of drug-likeness (QED) is 0.126. The Hall–Kier alpha value is -1.13. The van der Waals surface area contributed by atoms with Crippen molar-refractivity contribution in [2.75, 3.05) is 26.9 Å². The van der Waals surface area contributed by atoms with Crippen molar-refractivity contribution in [2.45, 2.75) is 99.0 Å². The van der Waals surface area contributed by atoms with E-state index in [-0.39, 0.29) is 0 Å². The number of amides is 1. The van der Waals surface area contributed by atoms with Crippen LogP contribution in [0.3, 0.4) is 0 Å². The number of hydrogen-bond acceptors (Lipinski definition) is 16. The SMILES string of the molecule is CO[C@@H]1O[C@H](CO)[C@H](O)[C@H](O[C@@H]2O[C@H](CO)[C@@H](O[C@@H]3O[C@H](CO)[C@H](O)[C@H](O)[C@H]3O)[C@H](O)[C@H]2NC(C)=O)[C@H]1O. The molecule has 10 N–H and O–H groups in total. The van der Waals surface area contributed by atoms with E-state index >= 15 is 0 Å². The number of rotatable bonds is 9. The van der Waals surface area contributed by atoms with Crippen molar-refractivity contribution in [3.8, 4) is 0 Å². The summed E-state index contributed by atoms with van der Waals surface area (Å²) < 4.78 is 32.6. The number of methoxy groups -OCH3 is 1. The van der Waals surface area contributed by atoms with E-state index in [0.29, 0.717) is 0 Å². The summed E-state index contributed by atoms with van der Waals surface area (Å²) in [6.45, 7) is -1.08. The van der Waals surface area contributed by atoms with Gasteiger partial charge in [0.15, 0.2) is 18.9 Å². The maximum atomic E-state index is 11.9. The highest BCUT2D eigenvalue weighted by molar-refractivity contribution is 5.73. The summed E-state index contributed by atoms with van der Waals surface area (Å²) in [4.78, 5) is 11.9. The largest absolute Gasteiger partial charge is 0.394 e. The molecule has 3 heterocycles. The molecule has 0 unspecified atom stereocenters. The number of carbonyl (C=O) groups is 1. The Kier molecular flexibility index (Phi) is 11.1. The molecule has 1 amide bonds. The van der Waals surface area contributed by atoms with Crippen molar-refractivity contribution in [2.24, 2.45) is 0 Å². The third-order valence-electron chi connectivity index (χ3n) is 6.71. The molecule has 0 spiro atoms. The van der Waals surface area contributed by atoms with Gasteiger partial charge in [-0.15, -0.1) is 0 Å². The van der Waals surface area contributed by atoms with Gasteiger partial charge in [0.05, 0.1) is 19.8 Å². The minimum atomic E-state index is -1.83. The maximum Gasteiger partial charge on any atom is 0.217 e. The molecular weight excluding hydrogens is 522 g/mol. The molecule has 3 aliphatic heterocycles. The molecular formula is C21H37NO16. The standard InChI is InChI=1S/C21H37NO16/c1-6(26)22-10-13(29)17(37-21-15(31)14(30)11(27)7(3-23)35-21)9(5-25)36-19(10)38-18-12(28)8(4-24)34-20(33-2)16(18)32/h7-21,23-25,27-32H,3-5H2,1-2H3,(H,22,26)/t7-,8-,9-,10-,11+,12+,13-,14+,15-,16-,17-,18+,19+,20-,21+/m1/s1. The first-order chi connectivity index (χ1) is 18.0. The second kappa shape index (κ2) is 13.5. The summed E-state index contributed by atoms with van der Waals surface area (Å²) in [6.07, 6.45) is -21.8. The Morgan fingerprint density at radius 1 is 0.658 bits per heavy atom. The van der Waals surface area contributed by atoms with Crippen LogP contribution in [0.1, 0.15) is 6.92 Å². The van der Waals surface area contributed by atoms with E-state index in [1.165, 1.54) is 7.11 Å². The van der Waals surface area contributed by atoms with Gasteiger partial charge in [-0.2, -0.15) is 0 Å². The first-order valence-electron chi connectivity index (χ1n) is 12.0. The highest BCUT2D eigenvalue weighted by Crippen LogP contribution is 2.32. The van der Waals surface area contributed by atoms with Crippen LogP contribution in [0.25, 0.3) is 0 Å². The molecule has 0 bridgehead atoms. The number of carbonyl (C=O) groups excluding carboxylic acids is 1. The summed E-state index contributed by atoms with van der Waals surface area (Å²) in [5, 5.41) is 93.9. The van der Waals surface area contributed by atoms with E-state index in [1.54, 1.807) is 0 Å². The summed E-state index contributed by atoms with van der Waals surface area (Å²) in [6, 6.07) is -1.44. The minimum absolute atomic E-state index is 0.656. The highest BCUT2D eigenvalue weighted by Gasteiger charge is 2.54. The van der Waals surface area contributed by atoms with Crippen molar-refractivity contribution in [1.29, 1.82) is 0 Å². The zero-order valence-corrected chi connectivity index (χ0v) is 20.7. The maximum absolute atomic E-state index is 11.9. The van der Waals surface area contributed by atoms with E-state index in [9.17, 15) is 50.8 Å². The van der Waals surface area contributed by atoms with Crippen LogP contribution in [0.5, 0.6) is 0 Å². The van der Waals surface area contributed by atoms with Crippen molar-refractivity contribution < 1.29 is 79.2 Å². The Labute approximate surface area is 217 Å². The number of hydrogen-bond donors (Lipinski definition) is 10. The molecule has 0 radical (unpaired) electrons. The Morgan fingerprint density at radius 2 is 1.18 bits per heavy atom. The van der Waals surface area contributed by atoms with Crippen LogP contribution in [0.15, 0.2) is 0 Å². The number of aliphatic hydroxyl groups excluding tert-OH is 9. The van der Waals surface area contributed by atoms with E-state index in [4.69, 9.17) is 28.4 Å². The van der Waals surface area contributed by atoms with Crippen molar-refractivity contribution in [3.63, 3.8) is 0 Å². The van der Waals surface area contributed by atoms with E-state index in [0.717, 1.165) is 6.92 Å². The van der Waals surface area contributed by atoms with Crippen LogP contribution >= 0.6 is 0 Å². The second-order valence-electron chi connectivity index (χ2n) is 9.28. The molecule has 0 aliphatic carbocycles. The number of aliphatic hydroxyl groups is 9. The van der Waals surface area contributed by atoms with Crippen molar-refractivity contribution in [1.82, 2.24) is 5.32 Å². The van der Waals surface area contributed by atoms with E-state index in [1.807, 2.05) is 0 Å². The molecule has 17 nitrogen and oxygen atoms in total. The third kappa shape index (κ3) is 6.43. The normalized spacial score (nSPS) is 48.0. The van der Waals surface area contributed by atoms with Crippen LogP contribution in [0.4, 0.5) is 0 Å². The van der Waals surface area contributed by atoms with Gasteiger partial charge in [-0.1, -0.05) is 0 Å². The molecule has 222 valence electrons. The molecule has 0 aromatic heterocycles. The van der Waals surface area contributed by atoms with Gasteiger partial charge in [0.2, 0.25) is 5.91 Å². The predicted molar refractivity (Wildman–Crippen MR) is 118 cm³/mol. The molecule has 3 fully saturated rings. The third-order valence-corrected chi connectivity index (χ3v) is 6.71. The first kappa shape index (κ1) is 31.4. The molecule has 38 heavy (non-hydrogen) atoms. The molecule has 3 aliphatic rings. The summed E-state index contributed by atoms with van der Waals surface area (Å²) >= 11 is 0. The van der Waals surface area contributed by atoms with Crippen LogP contribution < -0.4 is 5.32 Å². The lowest BCUT2D eigenvalue weighted by molar-refractivity contribution is -0.366. The molecule has 17 heteroatoms. The van der Waals surface area contributed by atoms with Gasteiger partial charge < -0.3 is 79.7 Å². The van der Waals surface area contributed by atoms with Gasteiger partial charge >= 0.3 is 0 Å². The zero-order valence-electron chi connectivity index (χ0n) is 20.7. The Balaban J connectivity index is 1.84. The van der Waals surface area contributed by atoms with Gasteiger partial charge in [0, 0.05) is 14.0 Å². The highest BCUT2D eigenvalue weighted by atomic mass is 16.7. The van der Waals surface area contributed by atoms with E-state index < -0.39 is 118 Å². The van der Waals surface area contributed by atoms with Gasteiger partial charge in [0.25, 0.3) is 0 Å². The molecule has 3 saturated heterocycles. The summed E-state index contributed by atoms with van der Waals surface area (Å²) in [7, 11) is 1.21. The molecule has 3 rings (SSSR count). The number of nitrogens with one attached hydrogen (secondary N) is 1. The average Bonchev–Trinajstić information content (AvgIpc) is 2.89. The lowest BCUT2D eigenvalue weighted by Gasteiger charge is -2.49. The van der Waals surface area contributed by atoms with Crippen molar-refractivity contribution >= 4 is 5.91 Å². The van der Waals surface area contributed by atoms with Gasteiger partial charge in [-0.25, -0.2) is 0 Å². The second-order valence-corrected chi connectivity index (χ2v) is 9.28. The molecule has 15 atom stereocenters. The van der Waals surface area contributed by atoms with Crippen LogP contribution in [0, 0.1) is 0 Å². The summed E-state index contributed by atoms with van der Waals surface area (Å²) in [5.41, 5.74) is 0. The first-order valence-corrected chi connectivity index (χ1v) is 12.0. The smallest absolute Gasteiger partial charge is 0.217 e. The number of ether oxygens (including phenoxy) is 6. The Morgan fingerprint density at radius 3 is 1.74 bits per heavy atom. The fourth-order valence-corrected chi connectivity index (χ4v) is 4.64. The van der Waals surface area contributed by atoms with Crippen LogP contribution in [0.2, 0.25) is 0 Å². The lowest BCUT2D eigenvalue weighted by atomic mass is 9.94. The van der Waals surface area contributed by atoms with Crippen LogP contribution in [-0.4, -0.2) is 171 Å². The monoisotopic (exact) mass is 559 g/mol. The fourth-order valence-electron chi connectivity index (χ4n) is 4.64. The van der Waals surface area contributed by atoms with Gasteiger partial charge in [0.1, 0.15) is 73.2 Å². The van der Waals surface area contributed by atoms with Crippen LogP contribution in [-0.2, 0) is 33.2 Å². The Bertz CT molecular complexity index is 745. The molecule has 0 saturated carbocycles. The van der Waals surface area contributed by atoms with E-state index in [2.05, 4.69) is 5.32 Å². The summed E-state index contributed by atoms with van der Waals surface area (Å²) in [5.74, 6) is -0.656. The predicted octanol–water partition coefficient (Wildman–Crippen LogP) is -6.78. The fraction of sp³-hybridized carbons (Fsp3) is 0.952. The lowest BCUT2D eigenvalue weighted by Crippen LogP contribution is -2.69. The molecule has 0 aromatic carbocycles. The minimum Gasteiger partial charge on any atom is -0.394 e. The van der Waals surface area contributed by atoms with Crippen molar-refractivity contribution in [3.05, 3.63) is 0 Å². The average molecular weight is 560 g/mol.